The van der Waals surface area contributed by atoms with Crippen LogP contribution in [0.15, 0.2) is 22.7 Å². The van der Waals surface area contributed by atoms with Crippen molar-refractivity contribution in [3.05, 3.63) is 57.3 Å². The number of ether oxygens (including phenoxy) is 1. The summed E-state index contributed by atoms with van der Waals surface area (Å²) < 4.78 is 54.0. The van der Waals surface area contributed by atoms with Gasteiger partial charge in [-0.25, -0.2) is 18.2 Å². The number of benzene rings is 1. The fourth-order valence-corrected chi connectivity index (χ4v) is 4.03. The van der Waals surface area contributed by atoms with Crippen molar-refractivity contribution >= 4 is 5.82 Å². The molecule has 0 N–H and O–H groups in total. The maximum atomic E-state index is 14.1. The maximum Gasteiger partial charge on any atom is 0.415 e. The Hall–Kier alpha value is -3.41. The second kappa shape index (κ2) is 6.80. The highest BCUT2D eigenvalue weighted by molar-refractivity contribution is 5.55. The van der Waals surface area contributed by atoms with Crippen LogP contribution in [0.4, 0.5) is 19.0 Å². The zero-order valence-electron chi connectivity index (χ0n) is 16.3. The summed E-state index contributed by atoms with van der Waals surface area (Å²) >= 11 is 0. The van der Waals surface area contributed by atoms with E-state index >= 15 is 0 Å². The topological polar surface area (TPSA) is 99.5 Å². The number of rotatable bonds is 4. The molecule has 0 unspecified atom stereocenters. The van der Waals surface area contributed by atoms with E-state index in [1.165, 1.54) is 6.20 Å². The van der Waals surface area contributed by atoms with Gasteiger partial charge in [0, 0.05) is 24.5 Å². The van der Waals surface area contributed by atoms with E-state index in [4.69, 9.17) is 9.15 Å². The molecule has 1 aromatic carbocycles. The summed E-state index contributed by atoms with van der Waals surface area (Å²) in [6.45, 7) is 3.76. The lowest BCUT2D eigenvalue weighted by Crippen LogP contribution is -2.46. The first-order valence-corrected chi connectivity index (χ1v) is 9.48. The van der Waals surface area contributed by atoms with Crippen molar-refractivity contribution in [3.8, 4) is 17.5 Å². The third kappa shape index (κ3) is 3.32. The molecule has 1 atom stereocenters. The summed E-state index contributed by atoms with van der Waals surface area (Å²) in [6.07, 6.45) is 1.87. The van der Waals surface area contributed by atoms with E-state index in [0.29, 0.717) is 44.1 Å². The van der Waals surface area contributed by atoms with Gasteiger partial charge in [0.25, 0.3) is 0 Å². The van der Waals surface area contributed by atoms with E-state index in [1.54, 1.807) is 4.57 Å². The average molecular weight is 435 g/mol. The number of oxazole rings is 1. The van der Waals surface area contributed by atoms with E-state index in [9.17, 15) is 23.3 Å². The maximum absolute atomic E-state index is 14.1. The number of hydrogen-bond acceptors (Lipinski definition) is 7. The van der Waals surface area contributed by atoms with Crippen LogP contribution in [0.3, 0.4) is 0 Å². The second-order valence-corrected chi connectivity index (χ2v) is 7.89. The molecule has 0 bridgehead atoms. The van der Waals surface area contributed by atoms with Gasteiger partial charge >= 0.3 is 11.8 Å². The third-order valence-corrected chi connectivity index (χ3v) is 5.39. The molecule has 0 saturated carbocycles. The van der Waals surface area contributed by atoms with Gasteiger partial charge in [-0.05, 0) is 24.0 Å². The fraction of sp³-hybridized carbons (Fsp3) is 0.368. The molecule has 2 aliphatic rings. The number of imidazole rings is 1. The minimum atomic E-state index is -1.57. The summed E-state index contributed by atoms with van der Waals surface area (Å²) in [5.74, 6) is -4.04. The van der Waals surface area contributed by atoms with Crippen LogP contribution in [0, 0.1) is 27.6 Å². The van der Waals surface area contributed by atoms with Crippen molar-refractivity contribution in [2.75, 3.05) is 13.1 Å². The Bertz CT molecular complexity index is 1180. The Morgan fingerprint density at radius 1 is 1.26 bits per heavy atom. The first-order chi connectivity index (χ1) is 14.7. The van der Waals surface area contributed by atoms with Gasteiger partial charge in [0.15, 0.2) is 17.5 Å². The molecular weight excluding hydrogens is 419 g/mol. The van der Waals surface area contributed by atoms with E-state index in [2.05, 4.69) is 14.9 Å². The van der Waals surface area contributed by atoms with Crippen molar-refractivity contribution in [1.29, 1.82) is 0 Å². The van der Waals surface area contributed by atoms with Crippen LogP contribution in [0.2, 0.25) is 0 Å². The number of nitro groups is 1. The van der Waals surface area contributed by atoms with Crippen LogP contribution < -0.4 is 4.74 Å². The largest absolute Gasteiger partial charge is 0.439 e. The highest BCUT2D eigenvalue weighted by Crippen LogP contribution is 2.34. The smallest absolute Gasteiger partial charge is 0.415 e. The van der Waals surface area contributed by atoms with Crippen LogP contribution in [0.1, 0.15) is 18.4 Å². The van der Waals surface area contributed by atoms with Crippen LogP contribution in [-0.4, -0.2) is 43.0 Å². The van der Waals surface area contributed by atoms with Gasteiger partial charge in [-0.3, -0.25) is 9.47 Å². The molecule has 2 aliphatic heterocycles. The average Bonchev–Trinajstić information content (AvgIpc) is 3.37. The summed E-state index contributed by atoms with van der Waals surface area (Å²) in [4.78, 5) is 20.5. The minimum absolute atomic E-state index is 0.0981. The van der Waals surface area contributed by atoms with Crippen molar-refractivity contribution in [2.45, 2.75) is 32.0 Å². The highest BCUT2D eigenvalue weighted by atomic mass is 19.2. The lowest BCUT2D eigenvalue weighted by molar-refractivity contribution is -0.389. The lowest BCUT2D eigenvalue weighted by Gasteiger charge is -2.32. The SMILES string of the molecule is C[C@]1(CN2CCc3nc(-c4ccc(F)c(F)c4F)oc3C2)Cn2cc([N+](=O)[O-])nc2O1. The molecule has 0 aliphatic carbocycles. The van der Waals surface area contributed by atoms with Gasteiger partial charge in [0.2, 0.25) is 5.89 Å². The Kier molecular flexibility index (Phi) is 4.29. The van der Waals surface area contributed by atoms with Crippen molar-refractivity contribution in [2.24, 2.45) is 0 Å². The molecule has 4 heterocycles. The van der Waals surface area contributed by atoms with E-state index < -0.39 is 28.0 Å². The van der Waals surface area contributed by atoms with Crippen LogP contribution in [0.25, 0.3) is 11.5 Å². The quantitative estimate of drug-likeness (QED) is 0.353. The van der Waals surface area contributed by atoms with Crippen molar-refractivity contribution < 1.29 is 27.2 Å². The normalized spacial score (nSPS) is 20.4. The molecule has 0 spiro atoms. The summed E-state index contributed by atoms with van der Waals surface area (Å²) in [6, 6.07) is 2.12. The molecule has 0 saturated heterocycles. The summed E-state index contributed by atoms with van der Waals surface area (Å²) in [7, 11) is 0. The van der Waals surface area contributed by atoms with Crippen LogP contribution in [0.5, 0.6) is 6.01 Å². The Labute approximate surface area is 173 Å². The fourth-order valence-electron chi connectivity index (χ4n) is 4.03. The molecule has 9 nitrogen and oxygen atoms in total. The van der Waals surface area contributed by atoms with E-state index in [1.807, 2.05) is 6.92 Å². The zero-order chi connectivity index (χ0) is 21.9. The van der Waals surface area contributed by atoms with Gasteiger partial charge < -0.3 is 19.3 Å². The van der Waals surface area contributed by atoms with Gasteiger partial charge in [-0.1, -0.05) is 0 Å². The second-order valence-electron chi connectivity index (χ2n) is 7.89. The molecular formula is C19H16F3N5O4. The van der Waals surface area contributed by atoms with Gasteiger partial charge in [-0.15, -0.1) is 0 Å². The molecule has 0 radical (unpaired) electrons. The predicted octanol–water partition coefficient (Wildman–Crippen LogP) is 3.07. The molecule has 31 heavy (non-hydrogen) atoms. The van der Waals surface area contributed by atoms with Crippen LogP contribution >= 0.6 is 0 Å². The highest BCUT2D eigenvalue weighted by Gasteiger charge is 2.42. The van der Waals surface area contributed by atoms with Crippen LogP contribution in [-0.2, 0) is 19.5 Å². The first-order valence-electron chi connectivity index (χ1n) is 9.48. The molecule has 12 heteroatoms. The number of fused-ring (bicyclic) bond motifs is 2. The zero-order valence-corrected chi connectivity index (χ0v) is 16.3. The van der Waals surface area contributed by atoms with Gasteiger partial charge in [-0.2, -0.15) is 0 Å². The van der Waals surface area contributed by atoms with Gasteiger partial charge in [0.05, 0.1) is 24.3 Å². The first kappa shape index (κ1) is 19.5. The number of aromatic nitrogens is 3. The number of hydrogen-bond donors (Lipinski definition) is 0. The molecule has 162 valence electrons. The Morgan fingerprint density at radius 3 is 2.81 bits per heavy atom. The lowest BCUT2D eigenvalue weighted by atomic mass is 10.0. The predicted molar refractivity (Wildman–Crippen MR) is 98.7 cm³/mol. The Balaban J connectivity index is 1.31. The van der Waals surface area contributed by atoms with Crippen molar-refractivity contribution in [1.82, 2.24) is 19.4 Å². The standard InChI is InChI=1S/C19H16F3N5O4/c1-19(9-26-7-14(27(28)29)24-18(26)31-19)8-25-5-4-12-13(6-25)30-17(23-12)10-2-3-11(20)16(22)15(10)21/h2-3,7H,4-6,8-9H2,1H3/t19-/m0/s1. The third-order valence-electron chi connectivity index (χ3n) is 5.39. The van der Waals surface area contributed by atoms with Gasteiger partial charge in [0.1, 0.15) is 17.6 Å². The van der Waals surface area contributed by atoms with Crippen molar-refractivity contribution in [3.63, 3.8) is 0 Å². The number of halogens is 3. The summed E-state index contributed by atoms with van der Waals surface area (Å²) in [5.41, 5.74) is -0.251. The summed E-state index contributed by atoms with van der Waals surface area (Å²) in [5, 5.41) is 10.8. The molecule has 5 rings (SSSR count). The number of nitrogens with zero attached hydrogens (tertiary/aromatic N) is 5. The molecule has 3 aromatic rings. The molecule has 0 amide bonds. The molecule has 2 aromatic heterocycles. The Morgan fingerprint density at radius 2 is 2.06 bits per heavy atom. The minimum Gasteiger partial charge on any atom is -0.439 e. The van der Waals surface area contributed by atoms with E-state index in [-0.39, 0.29) is 23.3 Å². The molecule has 0 fully saturated rings. The monoisotopic (exact) mass is 435 g/mol. The van der Waals surface area contributed by atoms with E-state index in [0.717, 1.165) is 12.1 Å².